The monoisotopic (exact) mass is 454 g/mol. The normalized spacial score (nSPS) is 17.8. The van der Waals surface area contributed by atoms with Gasteiger partial charge in [0, 0.05) is 35.2 Å². The highest BCUT2D eigenvalue weighted by Crippen LogP contribution is 2.29. The first-order valence-electron chi connectivity index (χ1n) is 9.51. The van der Waals surface area contributed by atoms with E-state index >= 15 is 0 Å². The minimum atomic E-state index is -3.64. The van der Waals surface area contributed by atoms with E-state index in [1.54, 1.807) is 18.2 Å². The summed E-state index contributed by atoms with van der Waals surface area (Å²) in [7, 11) is -3.64. The van der Waals surface area contributed by atoms with E-state index in [1.807, 2.05) is 31.2 Å². The van der Waals surface area contributed by atoms with Crippen molar-refractivity contribution in [3.63, 3.8) is 0 Å². The summed E-state index contributed by atoms with van der Waals surface area (Å²) in [6.45, 7) is 3.00. The quantitative estimate of drug-likeness (QED) is 0.712. The Morgan fingerprint density at radius 2 is 1.83 bits per heavy atom. The lowest BCUT2D eigenvalue weighted by Gasteiger charge is -2.31. The molecule has 2 aromatic rings. The second-order valence-electron chi connectivity index (χ2n) is 7.30. The molecule has 1 atom stereocenters. The molecule has 8 heteroatoms. The van der Waals surface area contributed by atoms with Gasteiger partial charge in [0.25, 0.3) is 0 Å². The van der Waals surface area contributed by atoms with Crippen LogP contribution >= 0.6 is 23.2 Å². The first kappa shape index (κ1) is 22.1. The molecule has 1 aliphatic heterocycles. The summed E-state index contributed by atoms with van der Waals surface area (Å²) < 4.78 is 27.2. The third kappa shape index (κ3) is 5.51. The third-order valence-corrected chi connectivity index (χ3v) is 7.73. The van der Waals surface area contributed by atoms with Crippen molar-refractivity contribution in [2.45, 2.75) is 32.1 Å². The maximum absolute atomic E-state index is 12.9. The van der Waals surface area contributed by atoms with Crippen LogP contribution in [0.3, 0.4) is 0 Å². The molecule has 0 spiro atoms. The second-order valence-corrected chi connectivity index (χ2v) is 10.1. The molecule has 3 rings (SSSR count). The summed E-state index contributed by atoms with van der Waals surface area (Å²) in [5.41, 5.74) is 2.55. The summed E-state index contributed by atoms with van der Waals surface area (Å²) >= 11 is 12.3. The SMILES string of the molecule is Cc1ccccc1CNC(=O)[C@@H]1CCCN(S(=O)(=O)Cc2c(Cl)cccc2Cl)C1. The van der Waals surface area contributed by atoms with Crippen LogP contribution in [-0.2, 0) is 27.1 Å². The van der Waals surface area contributed by atoms with Gasteiger partial charge in [-0.3, -0.25) is 4.79 Å². The average molecular weight is 455 g/mol. The van der Waals surface area contributed by atoms with Crippen LogP contribution in [0.1, 0.15) is 29.5 Å². The van der Waals surface area contributed by atoms with Crippen LogP contribution in [0.5, 0.6) is 0 Å². The zero-order valence-corrected chi connectivity index (χ0v) is 18.5. The number of carbonyl (C=O) groups excluding carboxylic acids is 1. The molecule has 0 saturated carbocycles. The number of piperidine rings is 1. The van der Waals surface area contributed by atoms with Crippen molar-refractivity contribution in [2.75, 3.05) is 13.1 Å². The van der Waals surface area contributed by atoms with Crippen molar-refractivity contribution >= 4 is 39.1 Å². The largest absolute Gasteiger partial charge is 0.352 e. The number of rotatable bonds is 6. The number of carbonyl (C=O) groups is 1. The van der Waals surface area contributed by atoms with Crippen LogP contribution in [0.2, 0.25) is 10.0 Å². The fourth-order valence-corrected chi connectivity index (χ4v) is 5.85. The number of nitrogens with one attached hydrogen (secondary N) is 1. The smallest absolute Gasteiger partial charge is 0.224 e. The number of halogens is 2. The Labute approximate surface area is 182 Å². The van der Waals surface area contributed by atoms with Gasteiger partial charge in [-0.2, -0.15) is 0 Å². The lowest BCUT2D eigenvalue weighted by atomic mass is 9.98. The molecule has 1 saturated heterocycles. The number of aryl methyl sites for hydroxylation is 1. The molecule has 0 aliphatic carbocycles. The van der Waals surface area contributed by atoms with E-state index in [2.05, 4.69) is 5.32 Å². The van der Waals surface area contributed by atoms with Crippen molar-refractivity contribution < 1.29 is 13.2 Å². The van der Waals surface area contributed by atoms with Crippen LogP contribution in [0.4, 0.5) is 0 Å². The highest BCUT2D eigenvalue weighted by atomic mass is 35.5. The van der Waals surface area contributed by atoms with Crippen LogP contribution < -0.4 is 5.32 Å². The van der Waals surface area contributed by atoms with Crippen molar-refractivity contribution in [3.05, 3.63) is 69.2 Å². The van der Waals surface area contributed by atoms with Crippen molar-refractivity contribution in [3.8, 4) is 0 Å². The molecular formula is C21H24Cl2N2O3S. The Hall–Kier alpha value is -1.60. The molecule has 5 nitrogen and oxygen atoms in total. The Kier molecular flexibility index (Phi) is 7.22. The van der Waals surface area contributed by atoms with E-state index in [0.717, 1.165) is 11.1 Å². The van der Waals surface area contributed by atoms with E-state index in [4.69, 9.17) is 23.2 Å². The van der Waals surface area contributed by atoms with E-state index < -0.39 is 10.0 Å². The molecule has 29 heavy (non-hydrogen) atoms. The van der Waals surface area contributed by atoms with Gasteiger partial charge in [-0.05, 0) is 43.0 Å². The Morgan fingerprint density at radius 1 is 1.14 bits per heavy atom. The number of amides is 1. The first-order chi connectivity index (χ1) is 13.8. The van der Waals surface area contributed by atoms with Crippen LogP contribution in [-0.4, -0.2) is 31.7 Å². The Bertz CT molecular complexity index is 975. The number of nitrogens with zero attached hydrogens (tertiary/aromatic N) is 1. The van der Waals surface area contributed by atoms with Gasteiger partial charge in [-0.15, -0.1) is 0 Å². The van der Waals surface area contributed by atoms with Gasteiger partial charge in [0.1, 0.15) is 0 Å². The summed E-state index contributed by atoms with van der Waals surface area (Å²) in [6.07, 6.45) is 1.30. The number of hydrogen-bond acceptors (Lipinski definition) is 3. The molecule has 2 aromatic carbocycles. The third-order valence-electron chi connectivity index (χ3n) is 5.25. The molecule has 1 fully saturated rings. The van der Waals surface area contributed by atoms with Gasteiger partial charge >= 0.3 is 0 Å². The van der Waals surface area contributed by atoms with Crippen LogP contribution in [0.25, 0.3) is 0 Å². The maximum atomic E-state index is 12.9. The first-order valence-corrected chi connectivity index (χ1v) is 11.9. The highest BCUT2D eigenvalue weighted by molar-refractivity contribution is 7.88. The van der Waals surface area contributed by atoms with E-state index in [-0.39, 0.29) is 24.1 Å². The van der Waals surface area contributed by atoms with E-state index in [1.165, 1.54) is 4.31 Å². The van der Waals surface area contributed by atoms with Crippen molar-refractivity contribution in [1.29, 1.82) is 0 Å². The van der Waals surface area contributed by atoms with E-state index in [0.29, 0.717) is 41.5 Å². The number of sulfonamides is 1. The Balaban J connectivity index is 1.65. The fourth-order valence-electron chi connectivity index (χ4n) is 3.49. The molecule has 1 heterocycles. The molecule has 1 N–H and O–H groups in total. The lowest BCUT2D eigenvalue weighted by molar-refractivity contribution is -0.126. The number of hydrogen-bond donors (Lipinski definition) is 1. The molecule has 0 radical (unpaired) electrons. The van der Waals surface area contributed by atoms with Gasteiger partial charge < -0.3 is 5.32 Å². The van der Waals surface area contributed by atoms with Crippen molar-refractivity contribution in [1.82, 2.24) is 9.62 Å². The van der Waals surface area contributed by atoms with Gasteiger partial charge in [-0.25, -0.2) is 12.7 Å². The molecule has 1 aliphatic rings. The van der Waals surface area contributed by atoms with Crippen LogP contribution in [0, 0.1) is 12.8 Å². The predicted molar refractivity (Wildman–Crippen MR) is 116 cm³/mol. The lowest BCUT2D eigenvalue weighted by Crippen LogP contribution is -2.45. The predicted octanol–water partition coefficient (Wildman–Crippen LogP) is 4.16. The Morgan fingerprint density at radius 3 is 2.52 bits per heavy atom. The zero-order chi connectivity index (χ0) is 21.0. The highest BCUT2D eigenvalue weighted by Gasteiger charge is 2.33. The minimum Gasteiger partial charge on any atom is -0.352 e. The molecular weight excluding hydrogens is 431 g/mol. The minimum absolute atomic E-state index is 0.121. The second kappa shape index (κ2) is 9.47. The summed E-state index contributed by atoms with van der Waals surface area (Å²) in [6, 6.07) is 12.8. The topological polar surface area (TPSA) is 66.5 Å². The van der Waals surface area contributed by atoms with Gasteiger partial charge in [-0.1, -0.05) is 53.5 Å². The van der Waals surface area contributed by atoms with Gasteiger partial charge in [0.2, 0.25) is 15.9 Å². The molecule has 0 unspecified atom stereocenters. The summed E-state index contributed by atoms with van der Waals surface area (Å²) in [5.74, 6) is -0.767. The fraction of sp³-hybridized carbons (Fsp3) is 0.381. The van der Waals surface area contributed by atoms with Crippen LogP contribution in [0.15, 0.2) is 42.5 Å². The standard InChI is InChI=1S/C21H24Cl2N2O3S/c1-15-6-2-3-7-16(15)12-24-21(26)17-8-5-11-25(13-17)29(27,28)14-18-19(22)9-4-10-20(18)23/h2-4,6-7,9-10,17H,5,8,11-14H2,1H3,(H,24,26)/t17-/m1/s1. The summed E-state index contributed by atoms with van der Waals surface area (Å²) in [4.78, 5) is 12.6. The molecule has 0 aromatic heterocycles. The number of benzene rings is 2. The molecule has 1 amide bonds. The molecule has 0 bridgehead atoms. The van der Waals surface area contributed by atoms with Gasteiger partial charge in [0.15, 0.2) is 0 Å². The van der Waals surface area contributed by atoms with Gasteiger partial charge in [0.05, 0.1) is 11.7 Å². The average Bonchev–Trinajstić information content (AvgIpc) is 2.70. The van der Waals surface area contributed by atoms with Crippen molar-refractivity contribution in [2.24, 2.45) is 5.92 Å². The summed E-state index contributed by atoms with van der Waals surface area (Å²) in [5, 5.41) is 3.60. The molecule has 156 valence electrons. The zero-order valence-electron chi connectivity index (χ0n) is 16.2. The van der Waals surface area contributed by atoms with E-state index in [9.17, 15) is 13.2 Å². The maximum Gasteiger partial charge on any atom is 0.224 e.